The fourth-order valence-electron chi connectivity index (χ4n) is 3.71. The topological polar surface area (TPSA) is 128 Å². The third kappa shape index (κ3) is 6.26. The number of alkyl halides is 3. The highest BCUT2D eigenvalue weighted by Crippen LogP contribution is 2.42. The van der Waals surface area contributed by atoms with E-state index in [1.54, 1.807) is 19.1 Å². The Kier molecular flexibility index (Phi) is 8.22. The smallest absolute Gasteiger partial charge is 0.416 e. The molecule has 0 saturated carbocycles. The zero-order valence-electron chi connectivity index (χ0n) is 20.6. The molecule has 10 nitrogen and oxygen atoms in total. The quantitative estimate of drug-likeness (QED) is 0.135. The van der Waals surface area contributed by atoms with Gasteiger partial charge in [0.15, 0.2) is 5.75 Å². The zero-order valence-corrected chi connectivity index (χ0v) is 22.1. The summed E-state index contributed by atoms with van der Waals surface area (Å²) in [6.07, 6.45) is -3.72. The van der Waals surface area contributed by atoms with Gasteiger partial charge in [0.2, 0.25) is 5.75 Å². The number of imide groups is 2. The highest BCUT2D eigenvalue weighted by molar-refractivity contribution is 6.40. The summed E-state index contributed by atoms with van der Waals surface area (Å²) in [5.41, 5.74) is -2.43. The van der Waals surface area contributed by atoms with Gasteiger partial charge in [0.25, 0.3) is 11.8 Å². The number of barbiturate groups is 1. The first-order chi connectivity index (χ1) is 19.3. The predicted octanol–water partition coefficient (Wildman–Crippen LogP) is 6.78. The van der Waals surface area contributed by atoms with Crippen molar-refractivity contribution in [3.05, 3.63) is 91.5 Å². The number of carbonyl (C=O) groups excluding carboxylic acids is 3. The van der Waals surface area contributed by atoms with Gasteiger partial charge in [-0.25, -0.2) is 9.69 Å². The van der Waals surface area contributed by atoms with Crippen LogP contribution in [0.2, 0.25) is 10.0 Å². The van der Waals surface area contributed by atoms with Gasteiger partial charge in [-0.05, 0) is 67.1 Å². The molecule has 1 heterocycles. The summed E-state index contributed by atoms with van der Waals surface area (Å²) < 4.78 is 49.8. The lowest BCUT2D eigenvalue weighted by atomic mass is 10.1. The zero-order chi connectivity index (χ0) is 30.1. The molecule has 1 fully saturated rings. The van der Waals surface area contributed by atoms with Crippen molar-refractivity contribution in [3.63, 3.8) is 0 Å². The number of benzene rings is 3. The maximum atomic E-state index is 13.1. The number of halogens is 5. The molecule has 0 atom stereocenters. The van der Waals surface area contributed by atoms with Gasteiger partial charge in [-0.3, -0.25) is 25.0 Å². The average molecular weight is 610 g/mol. The first kappa shape index (κ1) is 29.4. The maximum Gasteiger partial charge on any atom is 0.416 e. The molecule has 212 valence electrons. The molecule has 1 aliphatic rings. The molecule has 0 aromatic heterocycles. The van der Waals surface area contributed by atoms with Gasteiger partial charge in [0.1, 0.15) is 11.3 Å². The van der Waals surface area contributed by atoms with Crippen molar-refractivity contribution in [2.45, 2.75) is 13.1 Å². The van der Waals surface area contributed by atoms with Crippen LogP contribution in [0.3, 0.4) is 0 Å². The van der Waals surface area contributed by atoms with Gasteiger partial charge in [0.05, 0.1) is 32.8 Å². The molecule has 4 amide bonds. The summed E-state index contributed by atoms with van der Waals surface area (Å²) in [6, 6.07) is 9.06. The van der Waals surface area contributed by atoms with E-state index < -0.39 is 51.5 Å². The van der Waals surface area contributed by atoms with E-state index in [1.807, 2.05) is 0 Å². The van der Waals surface area contributed by atoms with Crippen molar-refractivity contribution in [1.82, 2.24) is 5.32 Å². The van der Waals surface area contributed by atoms with E-state index in [0.717, 1.165) is 17.0 Å². The predicted molar refractivity (Wildman–Crippen MR) is 141 cm³/mol. The van der Waals surface area contributed by atoms with Crippen molar-refractivity contribution >= 4 is 58.5 Å². The van der Waals surface area contributed by atoms with E-state index >= 15 is 0 Å². The number of nitrogens with zero attached hydrogens (tertiary/aromatic N) is 2. The minimum atomic E-state index is -4.83. The Hall–Kier alpha value is -4.62. The summed E-state index contributed by atoms with van der Waals surface area (Å²) in [5.74, 6) is -2.33. The summed E-state index contributed by atoms with van der Waals surface area (Å²) in [7, 11) is 0. The minimum absolute atomic E-state index is 0.105. The molecule has 0 bridgehead atoms. The van der Waals surface area contributed by atoms with Crippen LogP contribution < -0.4 is 19.7 Å². The molecule has 1 N–H and O–H groups in total. The Labute approximate surface area is 239 Å². The van der Waals surface area contributed by atoms with Crippen LogP contribution in [0.15, 0.2) is 60.2 Å². The van der Waals surface area contributed by atoms with E-state index in [9.17, 15) is 37.7 Å². The second-order valence-corrected chi connectivity index (χ2v) is 9.05. The van der Waals surface area contributed by atoms with Crippen LogP contribution in [0.1, 0.15) is 18.1 Å². The van der Waals surface area contributed by atoms with Gasteiger partial charge in [-0.15, -0.1) is 0 Å². The van der Waals surface area contributed by atoms with Crippen LogP contribution in [-0.4, -0.2) is 29.4 Å². The van der Waals surface area contributed by atoms with Crippen LogP contribution in [0.25, 0.3) is 6.08 Å². The number of nitro benzene ring substituents is 1. The molecular formula is C26H16Cl2F3N3O7. The van der Waals surface area contributed by atoms with E-state index in [-0.39, 0.29) is 27.0 Å². The van der Waals surface area contributed by atoms with Gasteiger partial charge >= 0.3 is 17.9 Å². The number of hydrogen-bond donors (Lipinski definition) is 1. The number of nitrogens with one attached hydrogen (secondary N) is 1. The van der Waals surface area contributed by atoms with Crippen molar-refractivity contribution in [2.75, 3.05) is 11.5 Å². The Morgan fingerprint density at radius 1 is 1.02 bits per heavy atom. The van der Waals surface area contributed by atoms with Crippen LogP contribution in [0.4, 0.5) is 29.3 Å². The standard InChI is InChI=1S/C26H16Cl2F3N3O7/c1-2-40-16-6-4-15(5-7-16)33-24(36)17(23(35)32-25(33)37)9-13-10-18(27)22(19(28)11-13)41-21-8-3-14(26(29,30)31)12-20(21)34(38)39/h3-12H,2H2,1H3,(H,32,35,37)/b17-9+. The lowest BCUT2D eigenvalue weighted by Crippen LogP contribution is -2.54. The average Bonchev–Trinajstić information content (AvgIpc) is 2.89. The van der Waals surface area contributed by atoms with Crippen molar-refractivity contribution < 1.29 is 42.0 Å². The molecule has 0 aliphatic carbocycles. The molecule has 0 radical (unpaired) electrons. The molecule has 4 rings (SSSR count). The molecule has 15 heteroatoms. The maximum absolute atomic E-state index is 13.1. The van der Waals surface area contributed by atoms with Crippen molar-refractivity contribution in [3.8, 4) is 17.2 Å². The number of nitro groups is 1. The van der Waals surface area contributed by atoms with Crippen LogP contribution in [0.5, 0.6) is 17.2 Å². The number of rotatable bonds is 7. The van der Waals surface area contributed by atoms with Gasteiger partial charge in [0, 0.05) is 6.07 Å². The van der Waals surface area contributed by atoms with Crippen LogP contribution in [-0.2, 0) is 15.8 Å². The molecule has 41 heavy (non-hydrogen) atoms. The lowest BCUT2D eigenvalue weighted by Gasteiger charge is -2.26. The summed E-state index contributed by atoms with van der Waals surface area (Å²) >= 11 is 12.5. The SMILES string of the molecule is CCOc1ccc(N2C(=O)NC(=O)/C(=C\c3cc(Cl)c(Oc4ccc(C(F)(F)F)cc4[N+](=O)[O-])c(Cl)c3)C2=O)cc1. The molecule has 0 spiro atoms. The Morgan fingerprint density at radius 3 is 2.22 bits per heavy atom. The van der Waals surface area contributed by atoms with Gasteiger partial charge in [-0.2, -0.15) is 13.2 Å². The van der Waals surface area contributed by atoms with E-state index in [4.69, 9.17) is 32.7 Å². The summed E-state index contributed by atoms with van der Waals surface area (Å²) in [4.78, 5) is 49.2. The number of carbonyl (C=O) groups is 3. The second-order valence-electron chi connectivity index (χ2n) is 8.24. The van der Waals surface area contributed by atoms with Gasteiger partial charge < -0.3 is 9.47 Å². The molecule has 0 unspecified atom stereocenters. The molecule has 3 aromatic rings. The van der Waals surface area contributed by atoms with Crippen molar-refractivity contribution in [2.24, 2.45) is 0 Å². The number of urea groups is 1. The first-order valence-electron chi connectivity index (χ1n) is 11.5. The fraction of sp³-hybridized carbons (Fsp3) is 0.115. The number of ether oxygens (including phenoxy) is 2. The molecular weight excluding hydrogens is 594 g/mol. The molecule has 1 saturated heterocycles. The number of amides is 4. The normalized spacial score (nSPS) is 14.7. The number of hydrogen-bond acceptors (Lipinski definition) is 7. The fourth-order valence-corrected chi connectivity index (χ4v) is 4.29. The van der Waals surface area contributed by atoms with Crippen LogP contribution in [0, 0.1) is 10.1 Å². The highest BCUT2D eigenvalue weighted by atomic mass is 35.5. The first-order valence-corrected chi connectivity index (χ1v) is 12.2. The molecule has 3 aromatic carbocycles. The largest absolute Gasteiger partial charge is 0.494 e. The second kappa shape index (κ2) is 11.5. The third-order valence-corrected chi connectivity index (χ3v) is 6.10. The lowest BCUT2D eigenvalue weighted by molar-refractivity contribution is -0.385. The Bertz CT molecular complexity index is 1590. The summed E-state index contributed by atoms with van der Waals surface area (Å²) in [5, 5.41) is 12.9. The number of anilines is 1. The highest BCUT2D eigenvalue weighted by Gasteiger charge is 2.37. The Balaban J connectivity index is 1.65. The van der Waals surface area contributed by atoms with Crippen molar-refractivity contribution in [1.29, 1.82) is 0 Å². The van der Waals surface area contributed by atoms with E-state index in [2.05, 4.69) is 5.32 Å². The summed E-state index contributed by atoms with van der Waals surface area (Å²) in [6.45, 7) is 2.19. The third-order valence-electron chi connectivity index (χ3n) is 5.53. The Morgan fingerprint density at radius 2 is 1.66 bits per heavy atom. The molecule has 1 aliphatic heterocycles. The van der Waals surface area contributed by atoms with Gasteiger partial charge in [-0.1, -0.05) is 23.2 Å². The van der Waals surface area contributed by atoms with E-state index in [1.165, 1.54) is 24.3 Å². The van der Waals surface area contributed by atoms with Crippen LogP contribution >= 0.6 is 23.2 Å². The van der Waals surface area contributed by atoms with E-state index in [0.29, 0.717) is 24.5 Å². The monoisotopic (exact) mass is 609 g/mol. The minimum Gasteiger partial charge on any atom is -0.494 e.